The minimum Gasteiger partial charge on any atom is -0.457 e. The van der Waals surface area contributed by atoms with Crippen LogP contribution in [0.5, 0.6) is 0 Å². The van der Waals surface area contributed by atoms with E-state index in [9.17, 15) is 15.2 Å². The molecule has 4 rings (SSSR count). The zero-order valence-corrected chi connectivity index (χ0v) is 16.7. The number of aryl methyl sites for hydroxylation is 1. The van der Waals surface area contributed by atoms with E-state index in [-0.39, 0.29) is 12.6 Å². The number of carbonyl (C=O) groups excluding carboxylic acids is 1. The van der Waals surface area contributed by atoms with E-state index < -0.39 is 6.10 Å². The molecule has 1 aromatic carbocycles. The number of aliphatic hydroxyl groups is 1. The summed E-state index contributed by atoms with van der Waals surface area (Å²) in [6.07, 6.45) is 4.50. The summed E-state index contributed by atoms with van der Waals surface area (Å²) in [5, 5.41) is 27.3. The van der Waals surface area contributed by atoms with Gasteiger partial charge in [0, 0.05) is 42.7 Å². The Hall–Kier alpha value is -3.54. The lowest BCUT2D eigenvalue weighted by Gasteiger charge is -2.16. The quantitative estimate of drug-likeness (QED) is 0.607. The van der Waals surface area contributed by atoms with Gasteiger partial charge in [0.25, 0.3) is 0 Å². The SMILES string of the molecule is Cc1cnc(-n2cc(CNC[C@H](O)c3ccc4c(c3C)COC4=O)cn2)cc1C#N. The van der Waals surface area contributed by atoms with Gasteiger partial charge in [0.2, 0.25) is 0 Å². The molecule has 0 saturated carbocycles. The summed E-state index contributed by atoms with van der Waals surface area (Å²) in [6, 6.07) is 7.34. The third kappa shape index (κ3) is 3.68. The van der Waals surface area contributed by atoms with Gasteiger partial charge >= 0.3 is 5.97 Å². The van der Waals surface area contributed by atoms with E-state index in [4.69, 9.17) is 4.74 Å². The Morgan fingerprint density at radius 1 is 1.37 bits per heavy atom. The van der Waals surface area contributed by atoms with Gasteiger partial charge in [-0.3, -0.25) is 0 Å². The molecule has 8 heteroatoms. The van der Waals surface area contributed by atoms with Gasteiger partial charge < -0.3 is 15.2 Å². The van der Waals surface area contributed by atoms with Crippen molar-refractivity contribution in [3.63, 3.8) is 0 Å². The second-order valence-corrected chi connectivity index (χ2v) is 7.29. The number of aromatic nitrogens is 3. The number of rotatable bonds is 6. The van der Waals surface area contributed by atoms with E-state index in [1.165, 1.54) is 0 Å². The Morgan fingerprint density at radius 2 is 2.20 bits per heavy atom. The van der Waals surface area contributed by atoms with Crippen LogP contribution in [-0.2, 0) is 17.9 Å². The highest BCUT2D eigenvalue weighted by molar-refractivity contribution is 5.93. The predicted molar refractivity (Wildman–Crippen MR) is 108 cm³/mol. The fourth-order valence-corrected chi connectivity index (χ4v) is 3.53. The number of carbonyl (C=O) groups is 1. The summed E-state index contributed by atoms with van der Waals surface area (Å²) < 4.78 is 6.69. The summed E-state index contributed by atoms with van der Waals surface area (Å²) >= 11 is 0. The summed E-state index contributed by atoms with van der Waals surface area (Å²) in [5.41, 5.74) is 5.40. The van der Waals surface area contributed by atoms with Gasteiger partial charge in [-0.2, -0.15) is 10.4 Å². The minimum absolute atomic E-state index is 0.258. The van der Waals surface area contributed by atoms with Crippen molar-refractivity contribution in [1.82, 2.24) is 20.1 Å². The van der Waals surface area contributed by atoms with Gasteiger partial charge in [-0.1, -0.05) is 6.07 Å². The Bertz CT molecular complexity index is 1160. The number of cyclic esters (lactones) is 1. The van der Waals surface area contributed by atoms with Crippen LogP contribution in [0.4, 0.5) is 0 Å². The molecule has 0 aliphatic carbocycles. The van der Waals surface area contributed by atoms with Gasteiger partial charge in [0.05, 0.1) is 29.5 Å². The van der Waals surface area contributed by atoms with Crippen molar-refractivity contribution in [1.29, 1.82) is 5.26 Å². The monoisotopic (exact) mass is 403 g/mol. The van der Waals surface area contributed by atoms with E-state index in [0.29, 0.717) is 30.0 Å². The first-order valence-corrected chi connectivity index (χ1v) is 9.57. The first-order valence-electron chi connectivity index (χ1n) is 9.57. The van der Waals surface area contributed by atoms with Crippen molar-refractivity contribution in [3.05, 3.63) is 75.7 Å². The third-order valence-electron chi connectivity index (χ3n) is 5.31. The maximum absolute atomic E-state index is 11.7. The third-order valence-corrected chi connectivity index (χ3v) is 5.31. The van der Waals surface area contributed by atoms with Crippen molar-refractivity contribution in [2.45, 2.75) is 33.1 Å². The zero-order chi connectivity index (χ0) is 21.3. The number of fused-ring (bicyclic) bond motifs is 1. The van der Waals surface area contributed by atoms with E-state index in [0.717, 1.165) is 27.8 Å². The number of ether oxygens (including phenoxy) is 1. The van der Waals surface area contributed by atoms with Crippen LogP contribution in [0, 0.1) is 25.2 Å². The lowest BCUT2D eigenvalue weighted by Crippen LogP contribution is -2.21. The van der Waals surface area contributed by atoms with Gasteiger partial charge in [0.1, 0.15) is 6.61 Å². The highest BCUT2D eigenvalue weighted by Crippen LogP contribution is 2.28. The van der Waals surface area contributed by atoms with Crippen LogP contribution in [0.3, 0.4) is 0 Å². The van der Waals surface area contributed by atoms with Gasteiger partial charge in [0.15, 0.2) is 5.82 Å². The molecule has 3 heterocycles. The molecule has 0 unspecified atom stereocenters. The average Bonchev–Trinajstić information content (AvgIpc) is 3.36. The second-order valence-electron chi connectivity index (χ2n) is 7.29. The molecule has 152 valence electrons. The molecule has 2 aromatic heterocycles. The first-order chi connectivity index (χ1) is 14.5. The Labute approximate surface area is 173 Å². The van der Waals surface area contributed by atoms with Crippen molar-refractivity contribution >= 4 is 5.97 Å². The molecule has 0 amide bonds. The fraction of sp³-hybridized carbons (Fsp3) is 0.273. The number of pyridine rings is 1. The molecule has 30 heavy (non-hydrogen) atoms. The van der Waals surface area contributed by atoms with Gasteiger partial charge in [-0.15, -0.1) is 0 Å². The van der Waals surface area contributed by atoms with Crippen LogP contribution < -0.4 is 5.32 Å². The second kappa shape index (κ2) is 8.06. The summed E-state index contributed by atoms with van der Waals surface area (Å²) in [4.78, 5) is 16.0. The molecule has 2 N–H and O–H groups in total. The van der Waals surface area contributed by atoms with Crippen LogP contribution >= 0.6 is 0 Å². The largest absolute Gasteiger partial charge is 0.457 e. The highest BCUT2D eigenvalue weighted by atomic mass is 16.5. The average molecular weight is 403 g/mol. The molecular formula is C22H21N5O3. The molecule has 0 radical (unpaired) electrons. The molecule has 1 atom stereocenters. The van der Waals surface area contributed by atoms with Crippen LogP contribution in [-0.4, -0.2) is 32.4 Å². The van der Waals surface area contributed by atoms with Gasteiger partial charge in [-0.25, -0.2) is 14.5 Å². The van der Waals surface area contributed by atoms with Crippen molar-refractivity contribution < 1.29 is 14.6 Å². The molecule has 0 saturated heterocycles. The zero-order valence-electron chi connectivity index (χ0n) is 16.7. The maximum atomic E-state index is 11.7. The van der Waals surface area contributed by atoms with Crippen LogP contribution in [0.2, 0.25) is 0 Å². The summed E-state index contributed by atoms with van der Waals surface area (Å²) in [5.74, 6) is 0.267. The number of hydrogen-bond acceptors (Lipinski definition) is 7. The number of esters is 1. The lowest BCUT2D eigenvalue weighted by molar-refractivity contribution is 0.0535. The fourth-order valence-electron chi connectivity index (χ4n) is 3.53. The molecule has 0 fully saturated rings. The van der Waals surface area contributed by atoms with Crippen LogP contribution in [0.25, 0.3) is 5.82 Å². The number of nitrogens with one attached hydrogen (secondary N) is 1. The predicted octanol–water partition coefficient (Wildman–Crippen LogP) is 2.25. The molecule has 1 aliphatic heterocycles. The molecule has 3 aromatic rings. The number of hydrogen-bond donors (Lipinski definition) is 2. The van der Waals surface area contributed by atoms with E-state index in [1.807, 2.05) is 20.0 Å². The summed E-state index contributed by atoms with van der Waals surface area (Å²) in [7, 11) is 0. The van der Waals surface area contributed by atoms with Crippen molar-refractivity contribution in [2.24, 2.45) is 0 Å². The minimum atomic E-state index is -0.710. The smallest absolute Gasteiger partial charge is 0.338 e. The van der Waals surface area contributed by atoms with Crippen molar-refractivity contribution in [2.75, 3.05) is 6.54 Å². The highest BCUT2D eigenvalue weighted by Gasteiger charge is 2.25. The van der Waals surface area contributed by atoms with E-state index >= 15 is 0 Å². The number of aliphatic hydroxyl groups excluding tert-OH is 1. The normalized spacial score (nSPS) is 13.6. The van der Waals surface area contributed by atoms with Crippen molar-refractivity contribution in [3.8, 4) is 11.9 Å². The molecule has 0 spiro atoms. The lowest BCUT2D eigenvalue weighted by atomic mass is 9.95. The Balaban J connectivity index is 1.39. The number of benzene rings is 1. The molecule has 0 bridgehead atoms. The van der Waals surface area contributed by atoms with E-state index in [1.54, 1.807) is 35.3 Å². The molecular weight excluding hydrogens is 382 g/mol. The van der Waals surface area contributed by atoms with Crippen LogP contribution in [0.15, 0.2) is 36.8 Å². The van der Waals surface area contributed by atoms with Gasteiger partial charge in [-0.05, 0) is 36.6 Å². The summed E-state index contributed by atoms with van der Waals surface area (Å²) in [6.45, 7) is 4.86. The Morgan fingerprint density at radius 3 is 3.00 bits per heavy atom. The number of nitriles is 1. The standard InChI is InChI=1S/C22H21N5O3/c1-13-7-25-21(5-16(13)6-23)27-11-15(9-26-27)8-24-10-20(28)17-3-4-18-19(14(17)2)12-30-22(18)29/h3-5,7,9,11,20,24,28H,8,10,12H2,1-2H3/t20-/m0/s1. The van der Waals surface area contributed by atoms with E-state index in [2.05, 4.69) is 21.5 Å². The first kappa shape index (κ1) is 19.8. The molecule has 1 aliphatic rings. The van der Waals surface area contributed by atoms with Crippen LogP contribution in [0.1, 0.15) is 49.8 Å². The Kier molecular flexibility index (Phi) is 5.31. The number of nitrogens with zero attached hydrogens (tertiary/aromatic N) is 4. The topological polar surface area (TPSA) is 113 Å². The molecule has 8 nitrogen and oxygen atoms in total. The maximum Gasteiger partial charge on any atom is 0.338 e.